The summed E-state index contributed by atoms with van der Waals surface area (Å²) >= 11 is 9.37. The minimum absolute atomic E-state index is 0.658. The molecule has 0 spiro atoms. The third-order valence-corrected chi connectivity index (χ3v) is 4.05. The molecule has 0 aliphatic carbocycles. The fourth-order valence-corrected chi connectivity index (χ4v) is 2.27. The molecule has 1 N–H and O–H groups in total. The lowest BCUT2D eigenvalue weighted by molar-refractivity contribution is 1.14. The largest absolute Gasteiger partial charge is 0.381 e. The summed E-state index contributed by atoms with van der Waals surface area (Å²) in [5, 5.41) is 12.9. The van der Waals surface area contributed by atoms with E-state index in [-0.39, 0.29) is 0 Å². The summed E-state index contributed by atoms with van der Waals surface area (Å²) < 4.78 is 0.885. The number of anilines is 1. The van der Waals surface area contributed by atoms with E-state index in [1.165, 1.54) is 0 Å². The van der Waals surface area contributed by atoms with Crippen LogP contribution in [0.3, 0.4) is 0 Å². The summed E-state index contributed by atoms with van der Waals surface area (Å²) in [6, 6.07) is 13.6. The second kappa shape index (κ2) is 6.10. The number of benzene rings is 2. The molecular formula is C15H12BrClN2. The molecule has 4 heteroatoms. The number of rotatable bonds is 3. The van der Waals surface area contributed by atoms with Crippen LogP contribution < -0.4 is 5.32 Å². The van der Waals surface area contributed by atoms with Crippen LogP contribution in [0.15, 0.2) is 40.9 Å². The maximum absolute atomic E-state index is 8.91. The SMILES string of the molecule is Cc1ccc(C#N)cc1NCc1ccc(Cl)c(Br)c1. The molecule has 2 aromatic rings. The molecular weight excluding hydrogens is 324 g/mol. The van der Waals surface area contributed by atoms with Crippen molar-refractivity contribution in [2.24, 2.45) is 0 Å². The first-order valence-corrected chi connectivity index (χ1v) is 6.96. The highest BCUT2D eigenvalue weighted by Gasteiger charge is 2.02. The third-order valence-electron chi connectivity index (χ3n) is 2.83. The summed E-state index contributed by atoms with van der Waals surface area (Å²) in [6.45, 7) is 2.70. The van der Waals surface area contributed by atoms with Crippen LogP contribution in [0.1, 0.15) is 16.7 Å². The number of hydrogen-bond donors (Lipinski definition) is 1. The second-order valence-electron chi connectivity index (χ2n) is 4.24. The van der Waals surface area contributed by atoms with Crippen LogP contribution in [0.2, 0.25) is 5.02 Å². The Labute approximate surface area is 126 Å². The van der Waals surface area contributed by atoms with Crippen molar-refractivity contribution in [2.45, 2.75) is 13.5 Å². The maximum Gasteiger partial charge on any atom is 0.0992 e. The highest BCUT2D eigenvalue weighted by atomic mass is 79.9. The number of hydrogen-bond acceptors (Lipinski definition) is 2. The minimum Gasteiger partial charge on any atom is -0.381 e. The summed E-state index contributed by atoms with van der Waals surface area (Å²) in [5.74, 6) is 0. The summed E-state index contributed by atoms with van der Waals surface area (Å²) in [5.41, 5.74) is 3.88. The summed E-state index contributed by atoms with van der Waals surface area (Å²) in [4.78, 5) is 0. The van der Waals surface area contributed by atoms with E-state index in [2.05, 4.69) is 27.3 Å². The van der Waals surface area contributed by atoms with Gasteiger partial charge in [0.25, 0.3) is 0 Å². The van der Waals surface area contributed by atoms with Crippen LogP contribution in [0, 0.1) is 18.3 Å². The smallest absolute Gasteiger partial charge is 0.0992 e. The van der Waals surface area contributed by atoms with Crippen molar-refractivity contribution in [3.8, 4) is 6.07 Å². The molecule has 19 heavy (non-hydrogen) atoms. The van der Waals surface area contributed by atoms with Gasteiger partial charge in [-0.2, -0.15) is 5.26 Å². The van der Waals surface area contributed by atoms with Crippen molar-refractivity contribution in [3.05, 3.63) is 62.6 Å². The van der Waals surface area contributed by atoms with Crippen LogP contribution in [-0.4, -0.2) is 0 Å². The predicted molar refractivity (Wildman–Crippen MR) is 82.4 cm³/mol. The van der Waals surface area contributed by atoms with Crippen molar-refractivity contribution in [1.82, 2.24) is 0 Å². The predicted octanol–water partition coefficient (Wildman–Crippen LogP) is 4.89. The zero-order valence-electron chi connectivity index (χ0n) is 10.4. The van der Waals surface area contributed by atoms with Gasteiger partial charge >= 0.3 is 0 Å². The lowest BCUT2D eigenvalue weighted by Crippen LogP contribution is -2.01. The Morgan fingerprint density at radius 3 is 2.74 bits per heavy atom. The molecule has 0 bridgehead atoms. The van der Waals surface area contributed by atoms with E-state index in [4.69, 9.17) is 16.9 Å². The van der Waals surface area contributed by atoms with Gasteiger partial charge in [0.1, 0.15) is 0 Å². The van der Waals surface area contributed by atoms with Gasteiger partial charge in [0.2, 0.25) is 0 Å². The third kappa shape index (κ3) is 3.50. The Hall–Kier alpha value is -1.50. The molecule has 0 atom stereocenters. The van der Waals surface area contributed by atoms with Gasteiger partial charge in [-0.05, 0) is 58.2 Å². The molecule has 0 saturated heterocycles. The van der Waals surface area contributed by atoms with E-state index < -0.39 is 0 Å². The molecule has 0 unspecified atom stereocenters. The molecule has 2 rings (SSSR count). The first-order valence-electron chi connectivity index (χ1n) is 5.78. The summed E-state index contributed by atoms with van der Waals surface area (Å²) in [7, 11) is 0. The zero-order valence-corrected chi connectivity index (χ0v) is 12.7. The van der Waals surface area contributed by atoms with Crippen LogP contribution in [-0.2, 0) is 6.54 Å². The standard InChI is InChI=1S/C15H12BrClN2/c1-10-2-3-11(8-18)7-15(10)19-9-12-4-5-14(17)13(16)6-12/h2-7,19H,9H2,1H3. The van der Waals surface area contributed by atoms with Gasteiger partial charge in [-0.1, -0.05) is 23.7 Å². The van der Waals surface area contributed by atoms with Crippen LogP contribution in [0.25, 0.3) is 0 Å². The molecule has 0 radical (unpaired) electrons. The first kappa shape index (κ1) is 13.9. The number of nitrogens with one attached hydrogen (secondary N) is 1. The van der Waals surface area contributed by atoms with Crippen molar-refractivity contribution in [2.75, 3.05) is 5.32 Å². The molecule has 0 amide bonds. The minimum atomic E-state index is 0.658. The highest BCUT2D eigenvalue weighted by molar-refractivity contribution is 9.10. The van der Waals surface area contributed by atoms with Gasteiger partial charge in [0, 0.05) is 16.7 Å². The van der Waals surface area contributed by atoms with Crippen LogP contribution in [0.5, 0.6) is 0 Å². The monoisotopic (exact) mass is 334 g/mol. The van der Waals surface area contributed by atoms with E-state index in [9.17, 15) is 0 Å². The Morgan fingerprint density at radius 1 is 1.26 bits per heavy atom. The highest BCUT2D eigenvalue weighted by Crippen LogP contribution is 2.24. The van der Waals surface area contributed by atoms with Gasteiger partial charge in [0.05, 0.1) is 16.7 Å². The molecule has 2 aromatic carbocycles. The number of nitrogens with zero attached hydrogens (tertiary/aromatic N) is 1. The Kier molecular flexibility index (Phi) is 4.47. The van der Waals surface area contributed by atoms with E-state index in [0.717, 1.165) is 21.3 Å². The lowest BCUT2D eigenvalue weighted by Gasteiger charge is -2.10. The van der Waals surface area contributed by atoms with Crippen molar-refractivity contribution >= 4 is 33.2 Å². The van der Waals surface area contributed by atoms with Gasteiger partial charge in [0.15, 0.2) is 0 Å². The molecule has 2 nitrogen and oxygen atoms in total. The Balaban J connectivity index is 2.14. The van der Waals surface area contributed by atoms with E-state index in [1.54, 1.807) is 0 Å². The first-order chi connectivity index (χ1) is 9.10. The molecule has 0 fully saturated rings. The van der Waals surface area contributed by atoms with Crippen molar-refractivity contribution in [1.29, 1.82) is 5.26 Å². The fraction of sp³-hybridized carbons (Fsp3) is 0.133. The average molecular weight is 336 g/mol. The maximum atomic E-state index is 8.91. The number of nitriles is 1. The lowest BCUT2D eigenvalue weighted by atomic mass is 10.1. The molecule has 96 valence electrons. The summed E-state index contributed by atoms with van der Waals surface area (Å²) in [6.07, 6.45) is 0. The molecule has 0 aliphatic heterocycles. The molecule has 0 heterocycles. The van der Waals surface area contributed by atoms with Gasteiger partial charge in [-0.15, -0.1) is 0 Å². The average Bonchev–Trinajstić information content (AvgIpc) is 2.41. The van der Waals surface area contributed by atoms with Gasteiger partial charge < -0.3 is 5.32 Å². The van der Waals surface area contributed by atoms with Crippen molar-refractivity contribution in [3.63, 3.8) is 0 Å². The Morgan fingerprint density at radius 2 is 2.05 bits per heavy atom. The van der Waals surface area contributed by atoms with E-state index in [0.29, 0.717) is 17.1 Å². The van der Waals surface area contributed by atoms with Gasteiger partial charge in [-0.25, -0.2) is 0 Å². The normalized spacial score (nSPS) is 10.0. The molecule has 0 aromatic heterocycles. The van der Waals surface area contributed by atoms with E-state index in [1.807, 2.05) is 43.3 Å². The van der Waals surface area contributed by atoms with E-state index >= 15 is 0 Å². The number of aryl methyl sites for hydroxylation is 1. The number of halogens is 2. The second-order valence-corrected chi connectivity index (χ2v) is 5.51. The van der Waals surface area contributed by atoms with Crippen LogP contribution in [0.4, 0.5) is 5.69 Å². The Bertz CT molecular complexity index is 647. The van der Waals surface area contributed by atoms with Gasteiger partial charge in [-0.3, -0.25) is 0 Å². The zero-order chi connectivity index (χ0) is 13.8. The molecule has 0 saturated carbocycles. The fourth-order valence-electron chi connectivity index (χ4n) is 1.73. The quantitative estimate of drug-likeness (QED) is 0.866. The van der Waals surface area contributed by atoms with Crippen LogP contribution >= 0.6 is 27.5 Å². The van der Waals surface area contributed by atoms with Crippen molar-refractivity contribution < 1.29 is 0 Å². The molecule has 0 aliphatic rings. The topological polar surface area (TPSA) is 35.8 Å².